The van der Waals surface area contributed by atoms with Crippen molar-refractivity contribution in [3.05, 3.63) is 47.1 Å². The summed E-state index contributed by atoms with van der Waals surface area (Å²) >= 11 is 0. The molecule has 0 aromatic heterocycles. The SMILES string of the molecule is CC1=C(c2ccc(CN)c(O)c2)CC=C1. The van der Waals surface area contributed by atoms with Crippen LogP contribution in [0.1, 0.15) is 24.5 Å². The lowest BCUT2D eigenvalue weighted by molar-refractivity contribution is 0.468. The Labute approximate surface area is 89.7 Å². The maximum Gasteiger partial charge on any atom is 0.120 e. The summed E-state index contributed by atoms with van der Waals surface area (Å²) in [7, 11) is 0. The van der Waals surface area contributed by atoms with Crippen molar-refractivity contribution in [1.29, 1.82) is 0 Å². The second-order valence-electron chi connectivity index (χ2n) is 3.82. The third kappa shape index (κ3) is 1.81. The molecule has 0 heterocycles. The molecule has 2 rings (SSSR count). The molecule has 0 spiro atoms. The summed E-state index contributed by atoms with van der Waals surface area (Å²) in [6, 6.07) is 5.71. The normalized spacial score (nSPS) is 15.1. The van der Waals surface area contributed by atoms with Crippen LogP contribution in [0.3, 0.4) is 0 Å². The minimum Gasteiger partial charge on any atom is -0.508 e. The summed E-state index contributed by atoms with van der Waals surface area (Å²) in [6.07, 6.45) is 5.20. The molecule has 2 heteroatoms. The fourth-order valence-corrected chi connectivity index (χ4v) is 1.88. The van der Waals surface area contributed by atoms with Gasteiger partial charge in [-0.2, -0.15) is 0 Å². The first kappa shape index (κ1) is 9.99. The molecule has 3 N–H and O–H groups in total. The Morgan fingerprint density at radius 1 is 1.40 bits per heavy atom. The van der Waals surface area contributed by atoms with Crippen LogP contribution in [0.25, 0.3) is 5.57 Å². The van der Waals surface area contributed by atoms with Gasteiger partial charge in [0.15, 0.2) is 0 Å². The minimum absolute atomic E-state index is 0.294. The van der Waals surface area contributed by atoms with E-state index in [1.165, 1.54) is 11.1 Å². The van der Waals surface area contributed by atoms with E-state index in [0.717, 1.165) is 17.5 Å². The number of hydrogen-bond acceptors (Lipinski definition) is 2. The fraction of sp³-hybridized carbons (Fsp3) is 0.231. The molecular formula is C13H15NO. The molecule has 0 unspecified atom stereocenters. The molecule has 0 aliphatic heterocycles. The first-order chi connectivity index (χ1) is 7.22. The fourth-order valence-electron chi connectivity index (χ4n) is 1.88. The Hall–Kier alpha value is -1.54. The third-order valence-electron chi connectivity index (χ3n) is 2.82. The standard InChI is InChI=1S/C13H15NO/c1-9-3-2-4-12(9)10-5-6-11(8-14)13(15)7-10/h2-3,5-7,15H,4,8,14H2,1H3. The van der Waals surface area contributed by atoms with Gasteiger partial charge in [-0.15, -0.1) is 0 Å². The molecule has 0 fully saturated rings. The highest BCUT2D eigenvalue weighted by atomic mass is 16.3. The van der Waals surface area contributed by atoms with E-state index in [0.29, 0.717) is 12.3 Å². The largest absolute Gasteiger partial charge is 0.508 e. The van der Waals surface area contributed by atoms with Crippen LogP contribution in [0.2, 0.25) is 0 Å². The van der Waals surface area contributed by atoms with Crippen LogP contribution < -0.4 is 5.73 Å². The molecular weight excluding hydrogens is 186 g/mol. The molecule has 0 radical (unpaired) electrons. The van der Waals surface area contributed by atoms with E-state index in [-0.39, 0.29) is 0 Å². The lowest BCUT2D eigenvalue weighted by Crippen LogP contribution is -1.97. The van der Waals surface area contributed by atoms with Crippen LogP contribution in [0.5, 0.6) is 5.75 Å². The molecule has 1 aliphatic carbocycles. The molecule has 0 amide bonds. The lowest BCUT2D eigenvalue weighted by atomic mass is 10.00. The van der Waals surface area contributed by atoms with Crippen molar-refractivity contribution in [2.24, 2.45) is 5.73 Å². The highest BCUT2D eigenvalue weighted by Gasteiger charge is 2.09. The van der Waals surface area contributed by atoms with Gasteiger partial charge in [0.1, 0.15) is 5.75 Å². The summed E-state index contributed by atoms with van der Waals surface area (Å²) in [5.74, 6) is 0.294. The quantitative estimate of drug-likeness (QED) is 0.772. The highest BCUT2D eigenvalue weighted by molar-refractivity contribution is 5.75. The second-order valence-corrected chi connectivity index (χ2v) is 3.82. The first-order valence-electron chi connectivity index (χ1n) is 5.11. The molecule has 1 aliphatic rings. The van der Waals surface area contributed by atoms with E-state index >= 15 is 0 Å². The maximum atomic E-state index is 9.71. The topological polar surface area (TPSA) is 46.2 Å². The van der Waals surface area contributed by atoms with Crippen molar-refractivity contribution in [2.75, 3.05) is 0 Å². The zero-order valence-corrected chi connectivity index (χ0v) is 8.83. The average Bonchev–Trinajstić information content (AvgIpc) is 2.64. The Morgan fingerprint density at radius 3 is 2.73 bits per heavy atom. The molecule has 15 heavy (non-hydrogen) atoms. The summed E-state index contributed by atoms with van der Waals surface area (Å²) in [5.41, 5.74) is 9.94. The Balaban J connectivity index is 2.39. The number of allylic oxidation sites excluding steroid dienone is 4. The minimum atomic E-state index is 0.294. The van der Waals surface area contributed by atoms with E-state index in [1.807, 2.05) is 12.1 Å². The van der Waals surface area contributed by atoms with Crippen molar-refractivity contribution in [1.82, 2.24) is 0 Å². The average molecular weight is 201 g/mol. The van der Waals surface area contributed by atoms with Crippen LogP contribution in [0, 0.1) is 0 Å². The van der Waals surface area contributed by atoms with Gasteiger partial charge >= 0.3 is 0 Å². The van der Waals surface area contributed by atoms with Gasteiger partial charge in [0, 0.05) is 12.1 Å². The van der Waals surface area contributed by atoms with E-state index in [2.05, 4.69) is 19.1 Å². The van der Waals surface area contributed by atoms with Gasteiger partial charge in [-0.25, -0.2) is 0 Å². The monoisotopic (exact) mass is 201 g/mol. The highest BCUT2D eigenvalue weighted by Crippen LogP contribution is 2.31. The van der Waals surface area contributed by atoms with Crippen LogP contribution in [-0.2, 0) is 6.54 Å². The first-order valence-corrected chi connectivity index (χ1v) is 5.11. The molecule has 0 atom stereocenters. The van der Waals surface area contributed by atoms with E-state index in [4.69, 9.17) is 5.73 Å². The van der Waals surface area contributed by atoms with E-state index in [1.54, 1.807) is 6.07 Å². The van der Waals surface area contributed by atoms with Crippen LogP contribution in [0.4, 0.5) is 0 Å². The second kappa shape index (κ2) is 3.91. The zero-order valence-electron chi connectivity index (χ0n) is 8.83. The predicted octanol–water partition coefficient (Wildman–Crippen LogP) is 2.58. The Morgan fingerprint density at radius 2 is 2.20 bits per heavy atom. The van der Waals surface area contributed by atoms with E-state index < -0.39 is 0 Å². The molecule has 0 bridgehead atoms. The van der Waals surface area contributed by atoms with Gasteiger partial charge in [-0.05, 0) is 36.1 Å². The van der Waals surface area contributed by atoms with Crippen molar-refractivity contribution >= 4 is 5.57 Å². The van der Waals surface area contributed by atoms with Gasteiger partial charge in [0.05, 0.1) is 0 Å². The van der Waals surface area contributed by atoms with Crippen LogP contribution in [0.15, 0.2) is 35.9 Å². The predicted molar refractivity (Wildman–Crippen MR) is 62.3 cm³/mol. The van der Waals surface area contributed by atoms with Gasteiger partial charge in [-0.3, -0.25) is 0 Å². The molecule has 0 saturated carbocycles. The third-order valence-corrected chi connectivity index (χ3v) is 2.82. The number of phenolic OH excluding ortho intramolecular Hbond substituents is 1. The summed E-state index contributed by atoms with van der Waals surface area (Å²) in [6.45, 7) is 2.47. The van der Waals surface area contributed by atoms with Crippen molar-refractivity contribution in [2.45, 2.75) is 19.9 Å². The van der Waals surface area contributed by atoms with Crippen molar-refractivity contribution in [3.63, 3.8) is 0 Å². The van der Waals surface area contributed by atoms with E-state index in [9.17, 15) is 5.11 Å². The molecule has 0 saturated heterocycles. The number of hydrogen-bond donors (Lipinski definition) is 2. The zero-order chi connectivity index (χ0) is 10.8. The summed E-state index contributed by atoms with van der Waals surface area (Å²) < 4.78 is 0. The number of rotatable bonds is 2. The van der Waals surface area contributed by atoms with Crippen LogP contribution in [-0.4, -0.2) is 5.11 Å². The van der Waals surface area contributed by atoms with Crippen LogP contribution >= 0.6 is 0 Å². The van der Waals surface area contributed by atoms with Gasteiger partial charge in [-0.1, -0.05) is 24.3 Å². The van der Waals surface area contributed by atoms with Gasteiger partial charge < -0.3 is 10.8 Å². The number of benzene rings is 1. The van der Waals surface area contributed by atoms with Crippen molar-refractivity contribution in [3.8, 4) is 5.75 Å². The molecule has 1 aromatic rings. The number of nitrogens with two attached hydrogens (primary N) is 1. The Bertz CT molecular complexity index is 444. The Kier molecular flexibility index (Phi) is 2.60. The number of aromatic hydroxyl groups is 1. The maximum absolute atomic E-state index is 9.71. The summed E-state index contributed by atoms with van der Waals surface area (Å²) in [4.78, 5) is 0. The molecule has 2 nitrogen and oxygen atoms in total. The smallest absolute Gasteiger partial charge is 0.120 e. The van der Waals surface area contributed by atoms with Gasteiger partial charge in [0.2, 0.25) is 0 Å². The van der Waals surface area contributed by atoms with Crippen molar-refractivity contribution < 1.29 is 5.11 Å². The van der Waals surface area contributed by atoms with Gasteiger partial charge in [0.25, 0.3) is 0 Å². The lowest BCUT2D eigenvalue weighted by Gasteiger charge is -2.07. The number of phenols is 1. The summed E-state index contributed by atoms with van der Waals surface area (Å²) in [5, 5.41) is 9.71. The molecule has 78 valence electrons. The molecule has 1 aromatic carbocycles.